The van der Waals surface area contributed by atoms with E-state index in [0.29, 0.717) is 5.92 Å². The van der Waals surface area contributed by atoms with Crippen molar-refractivity contribution in [2.45, 2.75) is 103 Å². The highest BCUT2D eigenvalue weighted by molar-refractivity contribution is 5.78. The number of nitrogens with zero attached hydrogens (tertiary/aromatic N) is 1. The van der Waals surface area contributed by atoms with Gasteiger partial charge in [-0.1, -0.05) is 45.0 Å². The van der Waals surface area contributed by atoms with E-state index in [0.717, 1.165) is 70.9 Å². The Hall–Kier alpha value is -1.39. The van der Waals surface area contributed by atoms with E-state index in [9.17, 15) is 9.90 Å². The van der Waals surface area contributed by atoms with Gasteiger partial charge in [-0.25, -0.2) is 0 Å². The van der Waals surface area contributed by atoms with Crippen LogP contribution in [-0.4, -0.2) is 47.7 Å². The number of aryl methyl sites for hydroxylation is 1. The molecule has 176 valence electrons. The van der Waals surface area contributed by atoms with Gasteiger partial charge in [0.2, 0.25) is 5.91 Å². The normalized spacial score (nSPS) is 27.6. The molecule has 4 heteroatoms. The lowest BCUT2D eigenvalue weighted by Gasteiger charge is -2.28. The molecule has 3 atom stereocenters. The Morgan fingerprint density at radius 2 is 1.81 bits per heavy atom. The molecule has 1 heterocycles. The molecule has 1 fully saturated rings. The molecule has 0 radical (unpaired) electrons. The van der Waals surface area contributed by atoms with Gasteiger partial charge in [0.05, 0.1) is 5.60 Å². The van der Waals surface area contributed by atoms with E-state index in [4.69, 9.17) is 0 Å². The Balaban J connectivity index is 1.91. The molecule has 1 aliphatic rings. The van der Waals surface area contributed by atoms with Gasteiger partial charge in [0.15, 0.2) is 0 Å². The third-order valence-corrected chi connectivity index (χ3v) is 6.93. The summed E-state index contributed by atoms with van der Waals surface area (Å²) >= 11 is 0. The van der Waals surface area contributed by atoms with Gasteiger partial charge in [0.25, 0.3) is 0 Å². The Labute approximate surface area is 190 Å². The quantitative estimate of drug-likeness (QED) is 0.667. The fourth-order valence-electron chi connectivity index (χ4n) is 4.52. The summed E-state index contributed by atoms with van der Waals surface area (Å²) in [6.07, 6.45) is 8.51. The molecule has 4 nitrogen and oxygen atoms in total. The van der Waals surface area contributed by atoms with Gasteiger partial charge in [-0.2, -0.15) is 0 Å². The van der Waals surface area contributed by atoms with E-state index in [1.54, 1.807) is 0 Å². The smallest absolute Gasteiger partial charge is 0.223 e. The molecular weight excluding hydrogens is 384 g/mol. The summed E-state index contributed by atoms with van der Waals surface area (Å²) in [4.78, 5) is 15.1. The molecule has 0 aromatic heterocycles. The van der Waals surface area contributed by atoms with Crippen molar-refractivity contribution >= 4 is 5.91 Å². The molecule has 0 saturated carbocycles. The first-order chi connectivity index (χ1) is 14.7. The number of carbonyl (C=O) groups is 1. The zero-order valence-electron chi connectivity index (χ0n) is 20.6. The fourth-order valence-corrected chi connectivity index (χ4v) is 4.52. The maximum absolute atomic E-state index is 12.8. The van der Waals surface area contributed by atoms with Crippen molar-refractivity contribution in [2.24, 2.45) is 5.92 Å². The number of amides is 1. The molecule has 1 saturated heterocycles. The first kappa shape index (κ1) is 25.9. The third kappa shape index (κ3) is 9.74. The lowest BCUT2D eigenvalue weighted by Crippen LogP contribution is -2.40. The number of hydrogen-bond donors (Lipinski definition) is 2. The van der Waals surface area contributed by atoms with Gasteiger partial charge >= 0.3 is 0 Å². The monoisotopic (exact) mass is 430 g/mol. The van der Waals surface area contributed by atoms with E-state index in [-0.39, 0.29) is 17.9 Å². The molecule has 1 aromatic rings. The van der Waals surface area contributed by atoms with Gasteiger partial charge in [-0.15, -0.1) is 0 Å². The number of aliphatic hydroxyl groups is 1. The minimum absolute atomic E-state index is 0.00236. The van der Waals surface area contributed by atoms with E-state index in [1.165, 1.54) is 11.1 Å². The van der Waals surface area contributed by atoms with Gasteiger partial charge in [-0.05, 0) is 102 Å². The summed E-state index contributed by atoms with van der Waals surface area (Å²) in [7, 11) is 2.15. The van der Waals surface area contributed by atoms with Crippen LogP contribution < -0.4 is 5.32 Å². The van der Waals surface area contributed by atoms with E-state index in [2.05, 4.69) is 55.4 Å². The van der Waals surface area contributed by atoms with E-state index in [1.807, 2.05) is 13.8 Å². The Morgan fingerprint density at radius 3 is 2.48 bits per heavy atom. The number of carbonyl (C=O) groups excluding carboxylic acids is 1. The van der Waals surface area contributed by atoms with Crippen LogP contribution in [0.5, 0.6) is 0 Å². The van der Waals surface area contributed by atoms with Crippen LogP contribution >= 0.6 is 0 Å². The van der Waals surface area contributed by atoms with Crippen LogP contribution in [0.15, 0.2) is 24.3 Å². The van der Waals surface area contributed by atoms with Gasteiger partial charge in [-0.3, -0.25) is 4.79 Å². The van der Waals surface area contributed by atoms with Crippen LogP contribution in [0.25, 0.3) is 0 Å². The molecule has 2 N–H and O–H groups in total. The first-order valence-corrected chi connectivity index (χ1v) is 12.5. The standard InChI is InChI=1S/C27H46N2O2/c1-21(2)24-14-12-23(13-15-24)10-6-11-25-16-20-29(5)19-8-18-27(4,31)17-7-9-22(3)26(30)28-25/h12-15,21-22,25,31H,6-11,16-20H2,1-5H3,(H,28,30). The van der Waals surface area contributed by atoms with Crippen molar-refractivity contribution < 1.29 is 9.90 Å². The summed E-state index contributed by atoms with van der Waals surface area (Å²) in [5.74, 6) is 0.743. The molecule has 1 aromatic carbocycles. The highest BCUT2D eigenvalue weighted by Gasteiger charge is 2.23. The number of benzene rings is 1. The van der Waals surface area contributed by atoms with Crippen LogP contribution in [0.2, 0.25) is 0 Å². The first-order valence-electron chi connectivity index (χ1n) is 12.5. The van der Waals surface area contributed by atoms with Gasteiger partial charge < -0.3 is 15.3 Å². The summed E-state index contributed by atoms with van der Waals surface area (Å²) < 4.78 is 0. The van der Waals surface area contributed by atoms with E-state index >= 15 is 0 Å². The third-order valence-electron chi connectivity index (χ3n) is 6.93. The average molecular weight is 431 g/mol. The SMILES string of the molecule is CC1CCCC(C)(O)CCCN(C)CCC(CCCc2ccc(C(C)C)cc2)NC1=O. The van der Waals surface area contributed by atoms with Gasteiger partial charge in [0, 0.05) is 12.0 Å². The summed E-state index contributed by atoms with van der Waals surface area (Å²) in [5.41, 5.74) is 2.16. The predicted octanol–water partition coefficient (Wildman–Crippen LogP) is 5.29. The molecule has 3 unspecified atom stereocenters. The van der Waals surface area contributed by atoms with Crippen LogP contribution in [0.4, 0.5) is 0 Å². The topological polar surface area (TPSA) is 52.6 Å². The van der Waals surface area contributed by atoms with Crippen LogP contribution in [0.1, 0.15) is 96.1 Å². The number of hydrogen-bond acceptors (Lipinski definition) is 3. The largest absolute Gasteiger partial charge is 0.390 e. The Kier molecular flexibility index (Phi) is 10.5. The second kappa shape index (κ2) is 12.6. The maximum atomic E-state index is 12.8. The zero-order chi connectivity index (χ0) is 22.9. The molecule has 2 rings (SSSR count). The molecule has 0 bridgehead atoms. The fraction of sp³-hybridized carbons (Fsp3) is 0.741. The summed E-state index contributed by atoms with van der Waals surface area (Å²) in [6, 6.07) is 9.24. The highest BCUT2D eigenvalue weighted by Crippen LogP contribution is 2.22. The van der Waals surface area contributed by atoms with E-state index < -0.39 is 5.60 Å². The Morgan fingerprint density at radius 1 is 1.13 bits per heavy atom. The van der Waals surface area contributed by atoms with Crippen LogP contribution in [0, 0.1) is 5.92 Å². The van der Waals surface area contributed by atoms with Crippen molar-refractivity contribution in [3.05, 3.63) is 35.4 Å². The van der Waals surface area contributed by atoms with Crippen LogP contribution in [0.3, 0.4) is 0 Å². The average Bonchev–Trinajstić information content (AvgIpc) is 2.71. The van der Waals surface area contributed by atoms with Crippen molar-refractivity contribution in [2.75, 3.05) is 20.1 Å². The van der Waals surface area contributed by atoms with Crippen molar-refractivity contribution in [3.63, 3.8) is 0 Å². The highest BCUT2D eigenvalue weighted by atomic mass is 16.3. The molecule has 0 spiro atoms. The number of nitrogens with one attached hydrogen (secondary N) is 1. The second-order valence-electron chi connectivity index (χ2n) is 10.5. The minimum Gasteiger partial charge on any atom is -0.390 e. The minimum atomic E-state index is -0.614. The molecular formula is C27H46N2O2. The lowest BCUT2D eigenvalue weighted by molar-refractivity contribution is -0.125. The molecule has 31 heavy (non-hydrogen) atoms. The molecule has 0 aliphatic carbocycles. The van der Waals surface area contributed by atoms with Crippen molar-refractivity contribution in [3.8, 4) is 0 Å². The number of rotatable bonds is 5. The molecule has 1 aliphatic heterocycles. The Bertz CT molecular complexity index is 654. The van der Waals surface area contributed by atoms with Crippen LogP contribution in [-0.2, 0) is 11.2 Å². The van der Waals surface area contributed by atoms with Gasteiger partial charge in [0.1, 0.15) is 0 Å². The molecule has 1 amide bonds. The summed E-state index contributed by atoms with van der Waals surface area (Å²) in [5, 5.41) is 13.9. The maximum Gasteiger partial charge on any atom is 0.223 e. The van der Waals surface area contributed by atoms with Crippen molar-refractivity contribution in [1.29, 1.82) is 0 Å². The predicted molar refractivity (Wildman–Crippen MR) is 130 cm³/mol. The second-order valence-corrected chi connectivity index (χ2v) is 10.5. The zero-order valence-corrected chi connectivity index (χ0v) is 20.6. The lowest BCUT2D eigenvalue weighted by atomic mass is 9.91. The summed E-state index contributed by atoms with van der Waals surface area (Å²) in [6.45, 7) is 10.4. The van der Waals surface area contributed by atoms with Crippen molar-refractivity contribution in [1.82, 2.24) is 10.2 Å².